The summed E-state index contributed by atoms with van der Waals surface area (Å²) in [6, 6.07) is 0. The quantitative estimate of drug-likeness (QED) is 0.244. The molecule has 0 spiro atoms. The molecular formula is C6H10BrNO4. The summed E-state index contributed by atoms with van der Waals surface area (Å²) in [5, 5.41) is 10.3. The summed E-state index contributed by atoms with van der Waals surface area (Å²) in [4.78, 5) is 20.5. The van der Waals surface area contributed by atoms with Crippen LogP contribution in [0.3, 0.4) is 0 Å². The van der Waals surface area contributed by atoms with E-state index in [1.807, 2.05) is 0 Å². The molecule has 0 fully saturated rings. The molecule has 0 aliphatic rings. The molecule has 0 aromatic carbocycles. The van der Waals surface area contributed by atoms with E-state index in [9.17, 15) is 14.9 Å². The van der Waals surface area contributed by atoms with Crippen molar-refractivity contribution in [1.82, 2.24) is 0 Å². The van der Waals surface area contributed by atoms with Crippen LogP contribution in [0, 0.1) is 10.1 Å². The predicted molar refractivity (Wildman–Crippen MR) is 45.6 cm³/mol. The number of nitrogens with zero attached hydrogens (tertiary/aromatic N) is 1. The van der Waals surface area contributed by atoms with Gasteiger partial charge in [-0.3, -0.25) is 14.9 Å². The molecule has 0 aliphatic carbocycles. The van der Waals surface area contributed by atoms with E-state index in [-0.39, 0.29) is 12.8 Å². The van der Waals surface area contributed by atoms with Gasteiger partial charge in [-0.15, -0.1) is 0 Å². The molecule has 12 heavy (non-hydrogen) atoms. The van der Waals surface area contributed by atoms with Crippen molar-refractivity contribution in [2.75, 3.05) is 7.11 Å². The Morgan fingerprint density at radius 1 is 1.75 bits per heavy atom. The lowest BCUT2D eigenvalue weighted by Gasteiger charge is -2.11. The molecule has 1 atom stereocenters. The molecule has 0 N–H and O–H groups in total. The molecule has 0 aromatic rings. The van der Waals surface area contributed by atoms with E-state index in [4.69, 9.17) is 0 Å². The predicted octanol–water partition coefficient (Wildman–Crippen LogP) is 1.33. The van der Waals surface area contributed by atoms with Crippen LogP contribution >= 0.6 is 15.9 Å². The van der Waals surface area contributed by atoms with Crippen LogP contribution in [0.4, 0.5) is 0 Å². The average Bonchev–Trinajstić information content (AvgIpc) is 2.00. The van der Waals surface area contributed by atoms with Crippen molar-refractivity contribution in [2.24, 2.45) is 0 Å². The van der Waals surface area contributed by atoms with Crippen LogP contribution in [0.15, 0.2) is 0 Å². The zero-order chi connectivity index (χ0) is 9.78. The Balaban J connectivity index is 3.92. The highest BCUT2D eigenvalue weighted by atomic mass is 79.9. The molecule has 0 heterocycles. The molecule has 0 amide bonds. The maximum atomic E-state index is 10.6. The molecule has 70 valence electrons. The van der Waals surface area contributed by atoms with Gasteiger partial charge in [0.15, 0.2) is 0 Å². The second-order valence-electron chi connectivity index (χ2n) is 2.48. The summed E-state index contributed by atoms with van der Waals surface area (Å²) in [6.07, 6.45) is 0.159. The Morgan fingerprint density at radius 2 is 2.25 bits per heavy atom. The van der Waals surface area contributed by atoms with Crippen molar-refractivity contribution < 1.29 is 14.5 Å². The van der Waals surface area contributed by atoms with Crippen LogP contribution in [-0.4, -0.2) is 22.5 Å². The molecule has 1 unspecified atom stereocenters. The number of esters is 1. The Bertz CT molecular complexity index is 192. The van der Waals surface area contributed by atoms with Gasteiger partial charge in [0, 0.05) is 18.3 Å². The number of rotatable bonds is 4. The third-order valence-corrected chi connectivity index (χ3v) is 2.08. The van der Waals surface area contributed by atoms with Crippen molar-refractivity contribution in [3.05, 3.63) is 10.1 Å². The SMILES string of the molecule is COC(=O)CCC(C)(Br)[N+](=O)[O-]. The van der Waals surface area contributed by atoms with E-state index in [0.717, 1.165) is 0 Å². The molecule has 0 radical (unpaired) electrons. The first kappa shape index (κ1) is 11.4. The standard InChI is InChI=1S/C6H10BrNO4/c1-6(7,8(10)11)4-3-5(9)12-2/h3-4H2,1-2H3. The van der Waals surface area contributed by atoms with Gasteiger partial charge < -0.3 is 4.74 Å². The van der Waals surface area contributed by atoms with E-state index < -0.39 is 15.3 Å². The van der Waals surface area contributed by atoms with Crippen LogP contribution < -0.4 is 0 Å². The van der Waals surface area contributed by atoms with E-state index in [2.05, 4.69) is 20.7 Å². The summed E-state index contributed by atoms with van der Waals surface area (Å²) >= 11 is 2.90. The van der Waals surface area contributed by atoms with E-state index in [1.165, 1.54) is 14.0 Å². The van der Waals surface area contributed by atoms with Gasteiger partial charge >= 0.3 is 5.97 Å². The molecule has 5 nitrogen and oxygen atoms in total. The lowest BCUT2D eigenvalue weighted by Crippen LogP contribution is -2.27. The zero-order valence-corrected chi connectivity index (χ0v) is 8.46. The van der Waals surface area contributed by atoms with E-state index >= 15 is 0 Å². The van der Waals surface area contributed by atoms with Gasteiger partial charge in [-0.1, -0.05) is 0 Å². The largest absolute Gasteiger partial charge is 0.469 e. The number of methoxy groups -OCH3 is 1. The zero-order valence-electron chi connectivity index (χ0n) is 6.87. The van der Waals surface area contributed by atoms with E-state index in [1.54, 1.807) is 0 Å². The molecule has 0 saturated carbocycles. The third kappa shape index (κ3) is 3.66. The van der Waals surface area contributed by atoms with Crippen LogP contribution in [0.25, 0.3) is 0 Å². The van der Waals surface area contributed by atoms with Crippen molar-refractivity contribution in [2.45, 2.75) is 24.2 Å². The Morgan fingerprint density at radius 3 is 2.58 bits per heavy atom. The minimum absolute atomic E-state index is 0.0409. The number of halogens is 1. The highest BCUT2D eigenvalue weighted by Gasteiger charge is 2.33. The lowest BCUT2D eigenvalue weighted by molar-refractivity contribution is -0.531. The van der Waals surface area contributed by atoms with Crippen molar-refractivity contribution in [3.63, 3.8) is 0 Å². The van der Waals surface area contributed by atoms with Gasteiger partial charge in [-0.2, -0.15) is 0 Å². The summed E-state index contributed by atoms with van der Waals surface area (Å²) in [7, 11) is 1.25. The normalized spacial score (nSPS) is 14.9. The monoisotopic (exact) mass is 239 g/mol. The van der Waals surface area contributed by atoms with Gasteiger partial charge in [0.25, 0.3) is 4.45 Å². The number of ether oxygens (including phenoxy) is 1. The minimum Gasteiger partial charge on any atom is -0.469 e. The van der Waals surface area contributed by atoms with Gasteiger partial charge in [-0.25, -0.2) is 0 Å². The van der Waals surface area contributed by atoms with Crippen LogP contribution in [0.2, 0.25) is 0 Å². The fourth-order valence-electron chi connectivity index (χ4n) is 0.524. The second-order valence-corrected chi connectivity index (χ2v) is 4.18. The van der Waals surface area contributed by atoms with Crippen LogP contribution in [0.1, 0.15) is 19.8 Å². The molecule has 0 aromatic heterocycles. The summed E-state index contributed by atoms with van der Waals surface area (Å²) in [5.74, 6) is -0.442. The average molecular weight is 240 g/mol. The van der Waals surface area contributed by atoms with Crippen molar-refractivity contribution in [1.29, 1.82) is 0 Å². The smallest absolute Gasteiger partial charge is 0.305 e. The summed E-state index contributed by atoms with van der Waals surface area (Å²) in [6.45, 7) is 1.40. The van der Waals surface area contributed by atoms with Gasteiger partial charge in [0.05, 0.1) is 13.5 Å². The topological polar surface area (TPSA) is 69.4 Å². The molecular weight excluding hydrogens is 230 g/mol. The van der Waals surface area contributed by atoms with Crippen molar-refractivity contribution >= 4 is 21.9 Å². The van der Waals surface area contributed by atoms with Crippen molar-refractivity contribution in [3.8, 4) is 0 Å². The third-order valence-electron chi connectivity index (χ3n) is 1.39. The lowest BCUT2D eigenvalue weighted by atomic mass is 10.2. The fourth-order valence-corrected chi connectivity index (χ4v) is 0.722. The molecule has 0 aliphatic heterocycles. The summed E-state index contributed by atoms with van der Waals surface area (Å²) in [5.41, 5.74) is 0. The highest BCUT2D eigenvalue weighted by molar-refractivity contribution is 9.10. The number of nitro groups is 1. The number of hydrogen-bond donors (Lipinski definition) is 0. The molecule has 0 rings (SSSR count). The maximum absolute atomic E-state index is 10.6. The van der Waals surface area contributed by atoms with Gasteiger partial charge in [0.1, 0.15) is 0 Å². The second kappa shape index (κ2) is 4.39. The number of hydrogen-bond acceptors (Lipinski definition) is 4. The van der Waals surface area contributed by atoms with Crippen LogP contribution in [0.5, 0.6) is 0 Å². The van der Waals surface area contributed by atoms with Gasteiger partial charge in [0.2, 0.25) is 0 Å². The molecule has 0 saturated heterocycles. The first-order valence-corrected chi connectivity index (χ1v) is 4.09. The van der Waals surface area contributed by atoms with E-state index in [0.29, 0.717) is 0 Å². The number of carbonyl (C=O) groups is 1. The first-order valence-electron chi connectivity index (χ1n) is 3.30. The minimum atomic E-state index is -1.23. The Labute approximate surface area is 78.4 Å². The molecule has 0 bridgehead atoms. The van der Waals surface area contributed by atoms with Gasteiger partial charge in [-0.05, 0) is 15.9 Å². The number of carbonyl (C=O) groups excluding carboxylic acids is 1. The first-order chi connectivity index (χ1) is 5.40. The highest BCUT2D eigenvalue weighted by Crippen LogP contribution is 2.23. The van der Waals surface area contributed by atoms with Crippen LogP contribution in [-0.2, 0) is 9.53 Å². The maximum Gasteiger partial charge on any atom is 0.305 e. The summed E-state index contributed by atoms with van der Waals surface area (Å²) < 4.78 is 3.11. The Hall–Kier alpha value is -0.650. The Kier molecular flexibility index (Phi) is 4.16. The fraction of sp³-hybridized carbons (Fsp3) is 0.833. The number of alkyl halides is 1. The molecule has 6 heteroatoms.